The number of nitrogens with zero attached hydrogens (tertiary/aromatic N) is 1. The molecule has 0 aliphatic carbocycles. The highest BCUT2D eigenvalue weighted by Crippen LogP contribution is 2.32. The molecule has 4 rings (SSSR count). The molecule has 0 atom stereocenters. The van der Waals surface area contributed by atoms with Crippen LogP contribution in [-0.4, -0.2) is 11.9 Å². The second kappa shape index (κ2) is 11.7. The molecule has 0 saturated heterocycles. The van der Waals surface area contributed by atoms with Crippen molar-refractivity contribution in [2.45, 2.75) is 6.17 Å². The lowest BCUT2D eigenvalue weighted by molar-refractivity contribution is 1.06. The molecule has 0 spiro atoms. The summed E-state index contributed by atoms with van der Waals surface area (Å²) in [6.07, 6.45) is -0.639. The van der Waals surface area contributed by atoms with Crippen LogP contribution in [0.25, 0.3) is 0 Å². The zero-order valence-corrected chi connectivity index (χ0v) is 22.4. The van der Waals surface area contributed by atoms with Crippen LogP contribution < -0.4 is 10.6 Å². The third-order valence-electron chi connectivity index (χ3n) is 4.95. The average molecular weight is 584 g/mol. The highest BCUT2D eigenvalue weighted by atomic mass is 35.5. The normalized spacial score (nSPS) is 11.6. The van der Waals surface area contributed by atoms with Crippen LogP contribution in [0.2, 0.25) is 30.1 Å². The van der Waals surface area contributed by atoms with Crippen molar-refractivity contribution in [3.8, 4) is 0 Å². The Morgan fingerprint density at radius 2 is 1.06 bits per heavy atom. The lowest BCUT2D eigenvalue weighted by Crippen LogP contribution is -2.38. The van der Waals surface area contributed by atoms with E-state index in [2.05, 4.69) is 10.6 Å². The Bertz CT molecular complexity index is 1320. The molecule has 0 saturated carbocycles. The molecule has 0 aliphatic heterocycles. The molecule has 35 heavy (non-hydrogen) atoms. The quantitative estimate of drug-likeness (QED) is 0.168. The van der Waals surface area contributed by atoms with Crippen LogP contribution >= 0.6 is 69.6 Å². The minimum absolute atomic E-state index is 0.447. The highest BCUT2D eigenvalue weighted by molar-refractivity contribution is 6.37. The lowest BCUT2D eigenvalue weighted by Gasteiger charge is -2.26. The monoisotopic (exact) mass is 581 g/mol. The zero-order chi connectivity index (χ0) is 24.9. The van der Waals surface area contributed by atoms with Gasteiger partial charge in [-0.3, -0.25) is 0 Å². The number of benzene rings is 4. The maximum absolute atomic E-state index is 6.48. The summed E-state index contributed by atoms with van der Waals surface area (Å²) in [7, 11) is 0. The van der Waals surface area contributed by atoms with E-state index in [0.717, 1.165) is 5.56 Å². The first-order valence-corrected chi connectivity index (χ1v) is 12.6. The fraction of sp³-hybridized carbons (Fsp3) is 0.0385. The van der Waals surface area contributed by atoms with Crippen LogP contribution in [0.3, 0.4) is 0 Å². The molecule has 0 amide bonds. The van der Waals surface area contributed by atoms with Crippen molar-refractivity contribution < 1.29 is 0 Å². The number of halogens is 6. The third-order valence-corrected chi connectivity index (χ3v) is 6.63. The van der Waals surface area contributed by atoms with Crippen molar-refractivity contribution in [1.29, 1.82) is 0 Å². The minimum Gasteiger partial charge on any atom is -0.359 e. The van der Waals surface area contributed by atoms with Gasteiger partial charge in [-0.2, -0.15) is 0 Å². The summed E-state index contributed by atoms with van der Waals surface area (Å²) in [4.78, 5) is 4.91. The Kier molecular flexibility index (Phi) is 8.72. The Hall–Kier alpha value is -2.11. The fourth-order valence-electron chi connectivity index (χ4n) is 3.31. The van der Waals surface area contributed by atoms with Crippen molar-refractivity contribution >= 4 is 92.4 Å². The summed E-state index contributed by atoms with van der Waals surface area (Å²) >= 11 is 38.2. The molecule has 0 radical (unpaired) electrons. The molecule has 0 aliphatic rings. The van der Waals surface area contributed by atoms with Crippen LogP contribution in [0.5, 0.6) is 0 Å². The molecule has 0 fully saturated rings. The Labute approximate surface area is 233 Å². The van der Waals surface area contributed by atoms with Gasteiger partial charge in [-0.25, -0.2) is 4.99 Å². The van der Waals surface area contributed by atoms with Gasteiger partial charge in [0.15, 0.2) is 0 Å². The Balaban J connectivity index is 1.89. The summed E-state index contributed by atoms with van der Waals surface area (Å²) in [6, 6.07) is 25.0. The van der Waals surface area contributed by atoms with Gasteiger partial charge in [0.2, 0.25) is 0 Å². The molecule has 4 aromatic rings. The van der Waals surface area contributed by atoms with E-state index in [0.29, 0.717) is 52.9 Å². The zero-order valence-electron chi connectivity index (χ0n) is 17.9. The predicted molar refractivity (Wildman–Crippen MR) is 153 cm³/mol. The van der Waals surface area contributed by atoms with E-state index in [-0.39, 0.29) is 0 Å². The van der Waals surface area contributed by atoms with Crippen molar-refractivity contribution in [3.05, 3.63) is 121 Å². The van der Waals surface area contributed by atoms with E-state index in [4.69, 9.17) is 74.6 Å². The maximum Gasteiger partial charge on any atom is 0.141 e. The number of nitrogens with one attached hydrogen (secondary N) is 2. The second-order valence-electron chi connectivity index (χ2n) is 7.43. The van der Waals surface area contributed by atoms with E-state index in [1.807, 2.05) is 30.3 Å². The second-order valence-corrected chi connectivity index (χ2v) is 9.96. The van der Waals surface area contributed by atoms with Crippen molar-refractivity contribution in [3.63, 3.8) is 0 Å². The minimum atomic E-state index is -0.639. The van der Waals surface area contributed by atoms with Gasteiger partial charge in [0.25, 0.3) is 0 Å². The molecule has 3 nitrogen and oxygen atoms in total. The first-order valence-electron chi connectivity index (χ1n) is 10.3. The van der Waals surface area contributed by atoms with Crippen molar-refractivity contribution in [1.82, 2.24) is 0 Å². The molecule has 0 bridgehead atoms. The number of hydrogen-bond donors (Lipinski definition) is 2. The molecule has 178 valence electrons. The molecule has 0 aromatic heterocycles. The smallest absolute Gasteiger partial charge is 0.141 e. The highest BCUT2D eigenvalue weighted by Gasteiger charge is 2.21. The molecule has 9 heteroatoms. The van der Waals surface area contributed by atoms with Gasteiger partial charge in [0.1, 0.15) is 6.17 Å². The van der Waals surface area contributed by atoms with Crippen LogP contribution in [0.15, 0.2) is 89.9 Å². The molecular formula is C26H17Cl6N3. The predicted octanol–water partition coefficient (Wildman–Crippen LogP) is 10.3. The number of anilines is 2. The molecule has 0 heterocycles. The third kappa shape index (κ3) is 6.77. The van der Waals surface area contributed by atoms with Gasteiger partial charge in [-0.15, -0.1) is 0 Å². The van der Waals surface area contributed by atoms with Crippen LogP contribution in [0.1, 0.15) is 5.56 Å². The summed E-state index contributed by atoms with van der Waals surface area (Å²) in [5.41, 5.74) is 3.11. The van der Waals surface area contributed by atoms with E-state index in [1.54, 1.807) is 54.6 Å². The van der Waals surface area contributed by atoms with E-state index in [1.165, 1.54) is 0 Å². The number of aliphatic imine (C=N–C) groups is 1. The Morgan fingerprint density at radius 1 is 0.571 bits per heavy atom. The summed E-state index contributed by atoms with van der Waals surface area (Å²) in [6.45, 7) is 0. The first kappa shape index (κ1) is 26.0. The first-order chi connectivity index (χ1) is 16.8. The largest absolute Gasteiger partial charge is 0.359 e. The SMILES string of the molecule is Clc1ccc(Cl)c(N=C(c2ccccc2)C(Nc2cc(Cl)ccc2Cl)Nc2cc(Cl)ccc2Cl)c1. The van der Waals surface area contributed by atoms with Crippen LogP contribution in [0, 0.1) is 0 Å². The van der Waals surface area contributed by atoms with Gasteiger partial charge in [0.05, 0.1) is 37.8 Å². The van der Waals surface area contributed by atoms with Crippen molar-refractivity contribution in [2.24, 2.45) is 4.99 Å². The summed E-state index contributed by atoms with van der Waals surface area (Å²) < 4.78 is 0. The van der Waals surface area contributed by atoms with Gasteiger partial charge in [-0.05, 0) is 54.6 Å². The maximum atomic E-state index is 6.48. The van der Waals surface area contributed by atoms with E-state index < -0.39 is 6.17 Å². The van der Waals surface area contributed by atoms with E-state index >= 15 is 0 Å². The number of hydrogen-bond acceptors (Lipinski definition) is 3. The summed E-state index contributed by atoms with van der Waals surface area (Å²) in [5.74, 6) is 0. The lowest BCUT2D eigenvalue weighted by atomic mass is 10.1. The fourth-order valence-corrected chi connectivity index (χ4v) is 4.32. The van der Waals surface area contributed by atoms with Gasteiger partial charge in [0, 0.05) is 20.6 Å². The van der Waals surface area contributed by atoms with Gasteiger partial charge >= 0.3 is 0 Å². The standard InChI is InChI=1S/C26H17Cl6N3/c27-16-6-9-19(30)22(12-16)33-25(15-4-2-1-3-5-15)26(34-23-13-17(28)7-10-20(23)31)35-24-14-18(29)8-11-21(24)32/h1-14,26,34-35H. The van der Waals surface area contributed by atoms with Gasteiger partial charge in [-0.1, -0.05) is 99.9 Å². The van der Waals surface area contributed by atoms with Crippen molar-refractivity contribution in [2.75, 3.05) is 10.6 Å². The molecule has 4 aromatic carbocycles. The molecular weight excluding hydrogens is 567 g/mol. The number of rotatable bonds is 7. The van der Waals surface area contributed by atoms with E-state index in [9.17, 15) is 0 Å². The average Bonchev–Trinajstić information content (AvgIpc) is 2.84. The van der Waals surface area contributed by atoms with Gasteiger partial charge < -0.3 is 10.6 Å². The Morgan fingerprint density at radius 3 is 1.60 bits per heavy atom. The van der Waals surface area contributed by atoms with Crippen LogP contribution in [-0.2, 0) is 0 Å². The van der Waals surface area contributed by atoms with Crippen LogP contribution in [0.4, 0.5) is 17.1 Å². The summed E-state index contributed by atoms with van der Waals surface area (Å²) in [5, 5.41) is 9.75. The molecule has 0 unspecified atom stereocenters. The topological polar surface area (TPSA) is 36.4 Å². The molecule has 2 N–H and O–H groups in total.